The van der Waals surface area contributed by atoms with Gasteiger partial charge in [0.1, 0.15) is 0 Å². The Morgan fingerprint density at radius 2 is 1.71 bits per heavy atom. The zero-order valence-electron chi connectivity index (χ0n) is 9.94. The van der Waals surface area contributed by atoms with Crippen molar-refractivity contribution in [3.8, 4) is 0 Å². The third-order valence-corrected chi connectivity index (χ3v) is 4.78. The maximum atomic E-state index is 11.7. The predicted octanol–water partition coefficient (Wildman–Crippen LogP) is -0.385. The summed E-state index contributed by atoms with van der Waals surface area (Å²) in [5.74, 6) is 0.423. The molecule has 0 bridgehead atoms. The Morgan fingerprint density at radius 1 is 1.14 bits per heavy atom. The van der Waals surface area contributed by atoms with Gasteiger partial charge in [0.2, 0.25) is 0 Å². The van der Waals surface area contributed by atoms with Crippen molar-refractivity contribution in [1.29, 1.82) is 0 Å². The minimum Gasteiger partial charge on any atom is -0.875 e. The minimum absolute atomic E-state index is 0. The molecule has 0 amide bonds. The van der Waals surface area contributed by atoms with E-state index in [2.05, 4.69) is 20.8 Å². The molecule has 0 spiro atoms. The maximum absolute atomic E-state index is 11.7. The third-order valence-electron chi connectivity index (χ3n) is 4.78. The Labute approximate surface area is 99.1 Å². The average molecular weight is 186 g/mol. The van der Waals surface area contributed by atoms with Gasteiger partial charge in [0.05, 0.1) is 0 Å². The summed E-state index contributed by atoms with van der Waals surface area (Å²) in [5, 5.41) is 11.7. The van der Waals surface area contributed by atoms with Crippen LogP contribution in [0.15, 0.2) is 11.3 Å². The van der Waals surface area contributed by atoms with E-state index < -0.39 is 0 Å². The summed E-state index contributed by atoms with van der Waals surface area (Å²) in [6.07, 6.45) is 5.88. The summed E-state index contributed by atoms with van der Waals surface area (Å²) in [6.45, 7) is 6.66. The molecule has 0 N–H and O–H groups in total. The molecule has 2 aliphatic carbocycles. The van der Waals surface area contributed by atoms with Crippen LogP contribution in [0, 0.1) is 10.8 Å². The van der Waals surface area contributed by atoms with Crippen molar-refractivity contribution < 1.29 is 24.0 Å². The molecule has 0 heterocycles. The van der Waals surface area contributed by atoms with Gasteiger partial charge in [0.25, 0.3) is 0 Å². The number of fused-ring (bicyclic) bond motifs is 1. The third kappa shape index (κ3) is 1.37. The van der Waals surface area contributed by atoms with E-state index in [0.29, 0.717) is 5.76 Å². The molecule has 14 heavy (non-hydrogen) atoms. The molecule has 0 saturated heterocycles. The Kier molecular flexibility index (Phi) is 3.15. The molecule has 2 atom stereocenters. The molecule has 1 nitrogen and oxygen atoms in total. The van der Waals surface area contributed by atoms with E-state index in [9.17, 15) is 5.11 Å². The quantitative estimate of drug-likeness (QED) is 0.473. The summed E-state index contributed by atoms with van der Waals surface area (Å²) < 4.78 is 0. The first-order valence-electron chi connectivity index (χ1n) is 5.37. The first kappa shape index (κ1) is 12.2. The van der Waals surface area contributed by atoms with E-state index >= 15 is 0 Å². The van der Waals surface area contributed by atoms with Crippen LogP contribution in [0.1, 0.15) is 52.9 Å². The Bertz CT molecular complexity index is 271. The van der Waals surface area contributed by atoms with Crippen LogP contribution in [0.5, 0.6) is 0 Å². The molecular formula is C12H19LiO. The van der Waals surface area contributed by atoms with E-state index in [-0.39, 0.29) is 29.7 Å². The zero-order valence-corrected chi connectivity index (χ0v) is 9.94. The van der Waals surface area contributed by atoms with Gasteiger partial charge in [-0.2, -0.15) is 0 Å². The number of hydrogen-bond acceptors (Lipinski definition) is 1. The first-order valence-corrected chi connectivity index (χ1v) is 5.37. The van der Waals surface area contributed by atoms with E-state index in [4.69, 9.17) is 0 Å². The molecule has 0 aromatic rings. The molecule has 0 aromatic carbocycles. The predicted molar refractivity (Wildman–Crippen MR) is 52.0 cm³/mol. The van der Waals surface area contributed by atoms with Crippen LogP contribution in [-0.2, 0) is 0 Å². The van der Waals surface area contributed by atoms with E-state index in [1.54, 1.807) is 0 Å². The second-order valence-corrected chi connectivity index (χ2v) is 5.32. The minimum atomic E-state index is 0. The van der Waals surface area contributed by atoms with Gasteiger partial charge in [-0.25, -0.2) is 0 Å². The van der Waals surface area contributed by atoms with Gasteiger partial charge >= 0.3 is 18.9 Å². The van der Waals surface area contributed by atoms with E-state index in [1.807, 2.05) is 0 Å². The number of rotatable bonds is 0. The normalized spacial score (nSPS) is 41.9. The molecule has 0 radical (unpaired) electrons. The summed E-state index contributed by atoms with van der Waals surface area (Å²) in [6, 6.07) is 0. The molecule has 1 fully saturated rings. The number of hydrogen-bond donors (Lipinski definition) is 0. The van der Waals surface area contributed by atoms with Crippen LogP contribution in [0.4, 0.5) is 0 Å². The van der Waals surface area contributed by atoms with Crippen molar-refractivity contribution in [1.82, 2.24) is 0 Å². The largest absolute Gasteiger partial charge is 1.00 e. The van der Waals surface area contributed by atoms with Crippen LogP contribution >= 0.6 is 0 Å². The van der Waals surface area contributed by atoms with Gasteiger partial charge in [0, 0.05) is 0 Å². The molecule has 74 valence electrons. The van der Waals surface area contributed by atoms with Gasteiger partial charge < -0.3 is 5.11 Å². The summed E-state index contributed by atoms with van der Waals surface area (Å²) in [7, 11) is 0. The van der Waals surface area contributed by atoms with Crippen molar-refractivity contribution in [2.24, 2.45) is 10.8 Å². The van der Waals surface area contributed by atoms with Gasteiger partial charge in [-0.1, -0.05) is 32.3 Å². The fourth-order valence-electron chi connectivity index (χ4n) is 3.29. The fraction of sp³-hybridized carbons (Fsp3) is 0.833. The molecule has 0 unspecified atom stereocenters. The molecule has 2 aliphatic rings. The van der Waals surface area contributed by atoms with Crippen molar-refractivity contribution >= 4 is 0 Å². The van der Waals surface area contributed by atoms with Crippen LogP contribution in [-0.4, -0.2) is 0 Å². The standard InChI is InChI=1S/C12H20O.Li/c1-9-10(13)8-11(2)6-4-5-7-12(9,11)3;/h13H,4-8H2,1-3H3;/q;+1/p-1/t11-,12+;/m1./s1. The maximum Gasteiger partial charge on any atom is 1.00 e. The van der Waals surface area contributed by atoms with Crippen molar-refractivity contribution in [3.63, 3.8) is 0 Å². The van der Waals surface area contributed by atoms with Gasteiger partial charge in [-0.15, -0.1) is 5.76 Å². The van der Waals surface area contributed by atoms with Crippen molar-refractivity contribution in [3.05, 3.63) is 11.3 Å². The second kappa shape index (κ2) is 3.62. The summed E-state index contributed by atoms with van der Waals surface area (Å²) in [5.41, 5.74) is 1.66. The van der Waals surface area contributed by atoms with Gasteiger partial charge in [-0.3, -0.25) is 0 Å². The van der Waals surface area contributed by atoms with Gasteiger partial charge in [0.15, 0.2) is 0 Å². The second-order valence-electron chi connectivity index (χ2n) is 5.32. The molecular weight excluding hydrogens is 167 g/mol. The Morgan fingerprint density at radius 3 is 2.29 bits per heavy atom. The molecule has 1 saturated carbocycles. The van der Waals surface area contributed by atoms with E-state index in [0.717, 1.165) is 12.0 Å². The Hall–Kier alpha value is 0.137. The summed E-state index contributed by atoms with van der Waals surface area (Å²) >= 11 is 0. The molecule has 2 rings (SSSR count). The van der Waals surface area contributed by atoms with Crippen molar-refractivity contribution in [2.75, 3.05) is 0 Å². The van der Waals surface area contributed by atoms with Crippen molar-refractivity contribution in [2.45, 2.75) is 52.9 Å². The molecule has 0 aromatic heterocycles. The van der Waals surface area contributed by atoms with Gasteiger partial charge in [-0.05, 0) is 37.0 Å². The monoisotopic (exact) mass is 186 g/mol. The Balaban J connectivity index is 0.000000980. The topological polar surface area (TPSA) is 23.1 Å². The average Bonchev–Trinajstić information content (AvgIpc) is 2.25. The fourth-order valence-corrected chi connectivity index (χ4v) is 3.29. The van der Waals surface area contributed by atoms with Crippen LogP contribution in [0.25, 0.3) is 0 Å². The summed E-state index contributed by atoms with van der Waals surface area (Å²) in [4.78, 5) is 0. The first-order chi connectivity index (χ1) is 6.00. The molecule has 2 heteroatoms. The van der Waals surface area contributed by atoms with E-state index in [1.165, 1.54) is 25.7 Å². The zero-order chi connectivity index (χ0) is 9.69. The van der Waals surface area contributed by atoms with Crippen LogP contribution in [0.3, 0.4) is 0 Å². The smallest absolute Gasteiger partial charge is 0.875 e. The molecule has 0 aliphatic heterocycles. The van der Waals surface area contributed by atoms with Crippen LogP contribution in [0.2, 0.25) is 0 Å². The number of allylic oxidation sites excluding steroid dienone is 2. The van der Waals surface area contributed by atoms with Crippen LogP contribution < -0.4 is 24.0 Å². The SMILES string of the molecule is CC1=C([O-])C[C@@]2(C)CCCC[C@@]12C.[Li+].